The van der Waals surface area contributed by atoms with Crippen molar-refractivity contribution in [3.05, 3.63) is 95.1 Å². The lowest BCUT2D eigenvalue weighted by atomic mass is 9.86. The zero-order chi connectivity index (χ0) is 22.4. The van der Waals surface area contributed by atoms with Gasteiger partial charge in [0.2, 0.25) is 5.78 Å². The molecule has 1 amide bonds. The van der Waals surface area contributed by atoms with Gasteiger partial charge in [0.25, 0.3) is 5.91 Å². The van der Waals surface area contributed by atoms with Crippen molar-refractivity contribution in [2.24, 2.45) is 5.92 Å². The number of anilines is 1. The number of ketones is 2. The zero-order valence-electron chi connectivity index (χ0n) is 17.6. The lowest BCUT2D eigenvalue weighted by Crippen LogP contribution is -2.30. The number of thiazole rings is 1. The van der Waals surface area contributed by atoms with Crippen LogP contribution in [0.1, 0.15) is 33.1 Å². The molecule has 0 N–H and O–H groups in total. The number of benzene rings is 3. The van der Waals surface area contributed by atoms with Gasteiger partial charge >= 0.3 is 0 Å². The molecular weight excluding hydrogens is 420 g/mol. The van der Waals surface area contributed by atoms with Crippen LogP contribution in [0.5, 0.6) is 0 Å². The van der Waals surface area contributed by atoms with E-state index in [0.29, 0.717) is 10.7 Å². The van der Waals surface area contributed by atoms with Crippen LogP contribution in [-0.4, -0.2) is 22.5 Å². The van der Waals surface area contributed by atoms with Gasteiger partial charge in [-0.2, -0.15) is 0 Å². The van der Waals surface area contributed by atoms with Crippen LogP contribution in [0.15, 0.2) is 72.8 Å². The molecular formula is C26H20N2O3S. The Labute approximate surface area is 189 Å². The number of aromatic nitrogens is 1. The number of carbonyl (C=O) groups excluding carboxylic acids is 3. The molecule has 6 heteroatoms. The van der Waals surface area contributed by atoms with Gasteiger partial charge in [-0.05, 0) is 37.1 Å². The van der Waals surface area contributed by atoms with E-state index in [1.807, 2.05) is 62.4 Å². The SMILES string of the molecule is Cc1ccc(C2C(C(=O)c3ccccc3)C(=O)C(=O)N2c2nc3ccc(C)cc3s2)cc1. The maximum atomic E-state index is 13.4. The lowest BCUT2D eigenvalue weighted by Gasteiger charge is -2.25. The first-order valence-corrected chi connectivity index (χ1v) is 11.2. The molecule has 1 saturated heterocycles. The molecule has 0 saturated carbocycles. The molecule has 0 bridgehead atoms. The number of carbonyl (C=O) groups is 3. The van der Waals surface area contributed by atoms with Crippen LogP contribution in [0.3, 0.4) is 0 Å². The molecule has 5 rings (SSSR count). The van der Waals surface area contributed by atoms with E-state index < -0.39 is 23.7 Å². The second-order valence-corrected chi connectivity index (χ2v) is 9.08. The third-order valence-electron chi connectivity index (χ3n) is 5.80. The fourth-order valence-corrected chi connectivity index (χ4v) is 5.25. The first-order chi connectivity index (χ1) is 15.4. The standard InChI is InChI=1S/C26H20N2O3S/c1-15-8-11-17(12-9-15)22-21(23(29)18-6-4-3-5-7-18)24(30)25(31)28(22)26-27-19-13-10-16(2)14-20(19)32-26/h3-14,21-22H,1-2H3. The van der Waals surface area contributed by atoms with E-state index in [1.165, 1.54) is 16.2 Å². The molecule has 2 atom stereocenters. The van der Waals surface area contributed by atoms with Crippen molar-refractivity contribution in [2.75, 3.05) is 4.90 Å². The van der Waals surface area contributed by atoms with E-state index in [9.17, 15) is 14.4 Å². The van der Waals surface area contributed by atoms with Crippen molar-refractivity contribution in [1.82, 2.24) is 4.98 Å². The summed E-state index contributed by atoms with van der Waals surface area (Å²) in [5.41, 5.74) is 4.05. The Kier molecular flexibility index (Phi) is 4.94. The summed E-state index contributed by atoms with van der Waals surface area (Å²) in [6.45, 7) is 3.96. The minimum absolute atomic E-state index is 0.353. The molecule has 0 spiro atoms. The maximum Gasteiger partial charge on any atom is 0.297 e. The van der Waals surface area contributed by atoms with Gasteiger partial charge in [0.1, 0.15) is 5.92 Å². The van der Waals surface area contributed by atoms with E-state index in [4.69, 9.17) is 0 Å². The van der Waals surface area contributed by atoms with Crippen LogP contribution in [-0.2, 0) is 9.59 Å². The third kappa shape index (κ3) is 3.33. The Hall–Kier alpha value is -3.64. The smallest absolute Gasteiger partial charge is 0.293 e. The first-order valence-electron chi connectivity index (χ1n) is 10.3. The Bertz CT molecular complexity index is 1360. The molecule has 0 radical (unpaired) electrons. The Morgan fingerprint density at radius 3 is 2.31 bits per heavy atom. The van der Waals surface area contributed by atoms with Gasteiger partial charge in [0.15, 0.2) is 10.9 Å². The number of rotatable bonds is 4. The van der Waals surface area contributed by atoms with Crippen molar-refractivity contribution in [3.63, 3.8) is 0 Å². The number of Topliss-reactive ketones (excluding diaryl/α,β-unsaturated/α-hetero) is 2. The number of hydrogen-bond donors (Lipinski definition) is 0. The lowest BCUT2D eigenvalue weighted by molar-refractivity contribution is -0.135. The van der Waals surface area contributed by atoms with Gasteiger partial charge in [0, 0.05) is 5.56 Å². The van der Waals surface area contributed by atoms with Crippen molar-refractivity contribution in [2.45, 2.75) is 19.9 Å². The van der Waals surface area contributed by atoms with E-state index >= 15 is 0 Å². The highest BCUT2D eigenvalue weighted by Gasteiger charge is 2.53. The molecule has 1 aliphatic rings. The molecule has 0 aliphatic carbocycles. The van der Waals surface area contributed by atoms with Crippen molar-refractivity contribution < 1.29 is 14.4 Å². The van der Waals surface area contributed by atoms with E-state index in [1.54, 1.807) is 24.3 Å². The summed E-state index contributed by atoms with van der Waals surface area (Å²) in [6, 6.07) is 21.4. The minimum Gasteiger partial charge on any atom is -0.293 e. The fraction of sp³-hybridized carbons (Fsp3) is 0.154. The number of hydrogen-bond acceptors (Lipinski definition) is 5. The van der Waals surface area contributed by atoms with Crippen LogP contribution in [0.4, 0.5) is 5.13 Å². The predicted molar refractivity (Wildman–Crippen MR) is 125 cm³/mol. The number of amides is 1. The Balaban J connectivity index is 1.67. The van der Waals surface area contributed by atoms with Crippen molar-refractivity contribution in [1.29, 1.82) is 0 Å². The summed E-state index contributed by atoms with van der Waals surface area (Å²) in [7, 11) is 0. The average Bonchev–Trinajstić information content (AvgIpc) is 3.32. The first kappa shape index (κ1) is 20.3. The number of aryl methyl sites for hydroxylation is 2. The summed E-state index contributed by atoms with van der Waals surface area (Å²) in [5.74, 6) is -2.86. The summed E-state index contributed by atoms with van der Waals surface area (Å²) in [5, 5.41) is 0.429. The van der Waals surface area contributed by atoms with Crippen LogP contribution in [0.25, 0.3) is 10.2 Å². The summed E-state index contributed by atoms with van der Waals surface area (Å²) >= 11 is 1.36. The normalized spacial score (nSPS) is 18.5. The maximum absolute atomic E-state index is 13.4. The van der Waals surface area contributed by atoms with Crippen LogP contribution in [0, 0.1) is 19.8 Å². The predicted octanol–water partition coefficient (Wildman–Crippen LogP) is 5.07. The van der Waals surface area contributed by atoms with Gasteiger partial charge in [-0.1, -0.05) is 77.6 Å². The second-order valence-electron chi connectivity index (χ2n) is 8.07. The highest BCUT2D eigenvalue weighted by atomic mass is 32.1. The summed E-state index contributed by atoms with van der Waals surface area (Å²) in [4.78, 5) is 45.9. The van der Waals surface area contributed by atoms with Crippen LogP contribution in [0.2, 0.25) is 0 Å². The molecule has 1 aliphatic heterocycles. The van der Waals surface area contributed by atoms with Crippen LogP contribution >= 0.6 is 11.3 Å². The van der Waals surface area contributed by atoms with E-state index in [-0.39, 0.29) is 5.78 Å². The van der Waals surface area contributed by atoms with Gasteiger partial charge in [-0.3, -0.25) is 19.3 Å². The fourth-order valence-electron chi connectivity index (χ4n) is 4.15. The van der Waals surface area contributed by atoms with E-state index in [2.05, 4.69) is 4.98 Å². The average molecular weight is 441 g/mol. The monoisotopic (exact) mass is 440 g/mol. The molecule has 5 nitrogen and oxygen atoms in total. The molecule has 2 heterocycles. The molecule has 4 aromatic rings. The van der Waals surface area contributed by atoms with Gasteiger partial charge in [0.05, 0.1) is 16.3 Å². The Morgan fingerprint density at radius 1 is 0.906 bits per heavy atom. The van der Waals surface area contributed by atoms with Crippen molar-refractivity contribution >= 4 is 44.2 Å². The van der Waals surface area contributed by atoms with Crippen molar-refractivity contribution in [3.8, 4) is 0 Å². The molecule has 3 aromatic carbocycles. The molecule has 2 unspecified atom stereocenters. The van der Waals surface area contributed by atoms with E-state index in [0.717, 1.165) is 26.9 Å². The number of nitrogens with zero attached hydrogens (tertiary/aromatic N) is 2. The van der Waals surface area contributed by atoms with Gasteiger partial charge < -0.3 is 0 Å². The number of fused-ring (bicyclic) bond motifs is 1. The topological polar surface area (TPSA) is 67.3 Å². The quantitative estimate of drug-likeness (QED) is 0.252. The molecule has 1 fully saturated rings. The summed E-state index contributed by atoms with van der Waals surface area (Å²) in [6.07, 6.45) is 0. The highest BCUT2D eigenvalue weighted by molar-refractivity contribution is 7.22. The third-order valence-corrected chi connectivity index (χ3v) is 6.82. The minimum atomic E-state index is -1.12. The van der Waals surface area contributed by atoms with Gasteiger partial charge in [-0.15, -0.1) is 0 Å². The van der Waals surface area contributed by atoms with Crippen LogP contribution < -0.4 is 4.90 Å². The Morgan fingerprint density at radius 2 is 1.59 bits per heavy atom. The second kappa shape index (κ2) is 7.80. The largest absolute Gasteiger partial charge is 0.297 e. The van der Waals surface area contributed by atoms with Gasteiger partial charge in [-0.25, -0.2) is 4.98 Å². The molecule has 32 heavy (non-hydrogen) atoms. The zero-order valence-corrected chi connectivity index (χ0v) is 18.4. The molecule has 158 valence electrons. The highest BCUT2D eigenvalue weighted by Crippen LogP contribution is 2.43. The summed E-state index contributed by atoms with van der Waals surface area (Å²) < 4.78 is 0.931. The molecule has 1 aromatic heterocycles.